The first kappa shape index (κ1) is 20.1. The molecule has 0 unspecified atom stereocenters. The van der Waals surface area contributed by atoms with E-state index in [9.17, 15) is 0 Å². The lowest BCUT2D eigenvalue weighted by Gasteiger charge is -2.24. The Morgan fingerprint density at radius 2 is 1.83 bits per heavy atom. The molecule has 0 fully saturated rings. The van der Waals surface area contributed by atoms with E-state index in [2.05, 4.69) is 70.4 Å². The number of hydrogen-bond acceptors (Lipinski definition) is 6. The molecule has 0 aliphatic rings. The first-order valence-corrected chi connectivity index (χ1v) is 10.1. The van der Waals surface area contributed by atoms with Crippen molar-refractivity contribution in [3.8, 4) is 11.4 Å². The molecule has 0 aliphatic heterocycles. The van der Waals surface area contributed by atoms with Crippen molar-refractivity contribution >= 4 is 12.2 Å². The summed E-state index contributed by atoms with van der Waals surface area (Å²) in [5.74, 6) is 0. The Morgan fingerprint density at radius 1 is 1.07 bits per heavy atom. The third-order valence-electron chi connectivity index (χ3n) is 5.30. The molecule has 2 heterocycles. The largest absolute Gasteiger partial charge is 0.281 e. The van der Waals surface area contributed by atoms with Crippen molar-refractivity contribution in [3.05, 3.63) is 76.6 Å². The third kappa shape index (κ3) is 3.94. The predicted molar refractivity (Wildman–Crippen MR) is 117 cm³/mol. The van der Waals surface area contributed by atoms with Gasteiger partial charge in [-0.2, -0.15) is 9.78 Å². The van der Waals surface area contributed by atoms with Crippen molar-refractivity contribution in [2.45, 2.75) is 33.5 Å². The quantitative estimate of drug-likeness (QED) is 0.444. The van der Waals surface area contributed by atoms with Crippen LogP contribution in [0.1, 0.15) is 29.7 Å². The summed E-state index contributed by atoms with van der Waals surface area (Å²) < 4.78 is 5.77. The monoisotopic (exact) mass is 420 g/mol. The van der Waals surface area contributed by atoms with E-state index in [1.165, 1.54) is 17.5 Å². The molecule has 0 aliphatic carbocycles. The van der Waals surface area contributed by atoms with Crippen LogP contribution in [0.2, 0.25) is 0 Å². The van der Waals surface area contributed by atoms with Gasteiger partial charge in [0.1, 0.15) is 12.7 Å². The smallest absolute Gasteiger partial charge is 0.221 e. The fourth-order valence-corrected chi connectivity index (χ4v) is 3.62. The molecule has 2 aromatic heterocycles. The first-order chi connectivity index (χ1) is 14.4. The molecule has 4 aromatic rings. The highest BCUT2D eigenvalue weighted by Gasteiger charge is 2.15. The summed E-state index contributed by atoms with van der Waals surface area (Å²) in [6.45, 7) is 6.82. The van der Waals surface area contributed by atoms with Crippen molar-refractivity contribution in [1.29, 1.82) is 0 Å². The normalized spacial score (nSPS) is 12.4. The molecule has 0 saturated heterocycles. The number of benzene rings is 2. The van der Waals surface area contributed by atoms with Gasteiger partial charge in [0.15, 0.2) is 0 Å². The number of hydrogen-bond donors (Lipinski definition) is 0. The molecule has 1 atom stereocenters. The highest BCUT2D eigenvalue weighted by atomic mass is 32.1. The van der Waals surface area contributed by atoms with Crippen molar-refractivity contribution in [2.24, 2.45) is 0 Å². The third-order valence-corrected chi connectivity index (χ3v) is 5.68. The standard InChI is InChI=1S/C21H24N8S/c1-15-5-10-20(16(2)11-15)29-21(30)28(24-25-29)14-26(4)17(3)18-6-8-19(9-7-18)27-13-22-12-23-27/h5-13,17H,14H2,1-4H3/t17-/m1/s1. The van der Waals surface area contributed by atoms with E-state index in [4.69, 9.17) is 12.2 Å². The van der Waals surface area contributed by atoms with Crippen LogP contribution in [0.4, 0.5) is 0 Å². The van der Waals surface area contributed by atoms with Gasteiger partial charge >= 0.3 is 0 Å². The highest BCUT2D eigenvalue weighted by molar-refractivity contribution is 7.71. The van der Waals surface area contributed by atoms with Crippen LogP contribution in [0.5, 0.6) is 0 Å². The molecule has 0 spiro atoms. The van der Waals surface area contributed by atoms with E-state index in [0.717, 1.165) is 16.9 Å². The van der Waals surface area contributed by atoms with Gasteiger partial charge in [-0.3, -0.25) is 4.90 Å². The second-order valence-corrected chi connectivity index (χ2v) is 7.83. The zero-order valence-corrected chi connectivity index (χ0v) is 18.3. The summed E-state index contributed by atoms with van der Waals surface area (Å²) in [4.78, 5) is 6.17. The number of tetrazole rings is 1. The molecule has 0 N–H and O–H groups in total. The van der Waals surface area contributed by atoms with Crippen LogP contribution in [0.25, 0.3) is 11.4 Å². The van der Waals surface area contributed by atoms with Crippen LogP contribution in [-0.4, -0.2) is 46.5 Å². The molecule has 154 valence electrons. The molecule has 0 radical (unpaired) electrons. The van der Waals surface area contributed by atoms with Gasteiger partial charge < -0.3 is 0 Å². The van der Waals surface area contributed by atoms with Crippen LogP contribution in [0.3, 0.4) is 0 Å². The Kier molecular flexibility index (Phi) is 5.56. The fraction of sp³-hybridized carbons (Fsp3) is 0.286. The molecular weight excluding hydrogens is 396 g/mol. The summed E-state index contributed by atoms with van der Waals surface area (Å²) in [6, 6.07) is 14.7. The molecule has 0 bridgehead atoms. The minimum Gasteiger partial charge on any atom is -0.281 e. The summed E-state index contributed by atoms with van der Waals surface area (Å²) in [6.07, 6.45) is 3.21. The molecule has 0 amide bonds. The maximum absolute atomic E-state index is 5.64. The van der Waals surface area contributed by atoms with E-state index >= 15 is 0 Å². The van der Waals surface area contributed by atoms with E-state index < -0.39 is 0 Å². The Bertz CT molecular complexity index is 1190. The van der Waals surface area contributed by atoms with Crippen LogP contribution in [0, 0.1) is 18.6 Å². The van der Waals surface area contributed by atoms with Gasteiger partial charge in [-0.05, 0) is 79.8 Å². The van der Waals surface area contributed by atoms with Crippen molar-refractivity contribution in [2.75, 3.05) is 7.05 Å². The summed E-state index contributed by atoms with van der Waals surface area (Å²) >= 11 is 5.64. The SMILES string of the molecule is Cc1ccc(-n2nnn(CN(C)[C@H](C)c3ccc(-n4cncn4)cc3)c2=S)c(C)c1. The first-order valence-electron chi connectivity index (χ1n) is 9.69. The highest BCUT2D eigenvalue weighted by Crippen LogP contribution is 2.21. The second kappa shape index (κ2) is 8.29. The predicted octanol–water partition coefficient (Wildman–Crippen LogP) is 3.65. The zero-order valence-electron chi connectivity index (χ0n) is 17.5. The average Bonchev–Trinajstić information content (AvgIpc) is 3.39. The molecular formula is C21H24N8S. The van der Waals surface area contributed by atoms with E-state index in [1.54, 1.807) is 20.4 Å². The molecule has 9 heteroatoms. The van der Waals surface area contributed by atoms with E-state index in [-0.39, 0.29) is 6.04 Å². The summed E-state index contributed by atoms with van der Waals surface area (Å²) in [7, 11) is 2.05. The van der Waals surface area contributed by atoms with Gasteiger partial charge in [0.05, 0.1) is 18.0 Å². The van der Waals surface area contributed by atoms with Crippen molar-refractivity contribution in [1.82, 2.24) is 39.5 Å². The van der Waals surface area contributed by atoms with Crippen LogP contribution < -0.4 is 0 Å². The topological polar surface area (TPSA) is 69.6 Å². The van der Waals surface area contributed by atoms with Gasteiger partial charge in [-0.1, -0.05) is 29.8 Å². The van der Waals surface area contributed by atoms with Gasteiger partial charge in [-0.25, -0.2) is 14.3 Å². The van der Waals surface area contributed by atoms with Crippen molar-refractivity contribution < 1.29 is 0 Å². The van der Waals surface area contributed by atoms with Crippen LogP contribution >= 0.6 is 12.2 Å². The number of rotatable bonds is 6. The molecule has 30 heavy (non-hydrogen) atoms. The van der Waals surface area contributed by atoms with Gasteiger partial charge in [0, 0.05) is 6.04 Å². The maximum atomic E-state index is 5.64. The van der Waals surface area contributed by atoms with Crippen molar-refractivity contribution in [3.63, 3.8) is 0 Å². The van der Waals surface area contributed by atoms with Gasteiger partial charge in [0.25, 0.3) is 0 Å². The second-order valence-electron chi connectivity index (χ2n) is 7.47. The van der Waals surface area contributed by atoms with Gasteiger partial charge in [0.2, 0.25) is 4.77 Å². The lowest BCUT2D eigenvalue weighted by molar-refractivity contribution is 0.193. The minimum atomic E-state index is 0.169. The zero-order chi connectivity index (χ0) is 21.3. The Labute approximate surface area is 180 Å². The molecule has 8 nitrogen and oxygen atoms in total. The molecule has 0 saturated carbocycles. The number of nitrogens with zero attached hydrogens (tertiary/aromatic N) is 8. The summed E-state index contributed by atoms with van der Waals surface area (Å²) in [5.41, 5.74) is 5.45. The van der Waals surface area contributed by atoms with Crippen LogP contribution in [0.15, 0.2) is 55.1 Å². The lowest BCUT2D eigenvalue weighted by Crippen LogP contribution is -2.26. The number of aromatic nitrogens is 7. The lowest BCUT2D eigenvalue weighted by atomic mass is 10.1. The van der Waals surface area contributed by atoms with Gasteiger partial charge in [-0.15, -0.1) is 0 Å². The minimum absolute atomic E-state index is 0.169. The Balaban J connectivity index is 1.50. The fourth-order valence-electron chi connectivity index (χ4n) is 3.39. The average molecular weight is 421 g/mol. The maximum Gasteiger partial charge on any atom is 0.221 e. The number of aryl methyl sites for hydroxylation is 2. The van der Waals surface area contributed by atoms with E-state index in [0.29, 0.717) is 11.4 Å². The Morgan fingerprint density at radius 3 is 2.50 bits per heavy atom. The van der Waals surface area contributed by atoms with E-state index in [1.807, 2.05) is 25.2 Å². The molecule has 2 aromatic carbocycles. The Hall–Kier alpha value is -3.17. The summed E-state index contributed by atoms with van der Waals surface area (Å²) in [5, 5.41) is 12.7. The molecule has 4 rings (SSSR count). The van der Waals surface area contributed by atoms with Crippen LogP contribution in [-0.2, 0) is 6.67 Å².